The minimum Gasteiger partial charge on any atom is -0.318 e. The maximum atomic E-state index is 4.50. The van der Waals surface area contributed by atoms with Crippen LogP contribution in [0.2, 0.25) is 0 Å². The van der Waals surface area contributed by atoms with Crippen molar-refractivity contribution in [1.29, 1.82) is 0 Å². The number of fused-ring (bicyclic) bond motifs is 1. The molecule has 0 radical (unpaired) electrons. The number of para-hydroxylation sites is 1. The van der Waals surface area contributed by atoms with Crippen molar-refractivity contribution in [2.24, 2.45) is 17.3 Å². The van der Waals surface area contributed by atoms with Crippen LogP contribution in [0, 0.1) is 0 Å². The lowest BCUT2D eigenvalue weighted by Gasteiger charge is -1.97. The molecule has 1 fully saturated rings. The summed E-state index contributed by atoms with van der Waals surface area (Å²) in [5.74, 6) is 0. The minimum atomic E-state index is 0.984. The third kappa shape index (κ3) is 2.78. The summed E-state index contributed by atoms with van der Waals surface area (Å²) in [5.41, 5.74) is 2.50. The summed E-state index contributed by atoms with van der Waals surface area (Å²) < 4.78 is 3.39. The number of benzene rings is 1. The van der Waals surface area contributed by atoms with Gasteiger partial charge in [-0.05, 0) is 37.8 Å². The molecule has 19 heavy (non-hydrogen) atoms. The van der Waals surface area contributed by atoms with Crippen molar-refractivity contribution in [3.05, 3.63) is 29.1 Å². The molecule has 2 aromatic rings. The number of rotatable bonds is 1. The van der Waals surface area contributed by atoms with Gasteiger partial charge in [0.1, 0.15) is 0 Å². The molecule has 0 N–H and O–H groups in total. The van der Waals surface area contributed by atoms with Crippen molar-refractivity contribution in [2.45, 2.75) is 38.5 Å². The molecule has 1 aromatic heterocycles. The zero-order valence-electron chi connectivity index (χ0n) is 11.3. The van der Waals surface area contributed by atoms with E-state index in [4.69, 9.17) is 0 Å². The van der Waals surface area contributed by atoms with Gasteiger partial charge in [-0.3, -0.25) is 0 Å². The van der Waals surface area contributed by atoms with E-state index >= 15 is 0 Å². The fraction of sp³-hybridized carbons (Fsp3) is 0.467. The average Bonchev–Trinajstić information content (AvgIpc) is 2.63. The summed E-state index contributed by atoms with van der Waals surface area (Å²) in [7, 11) is 2.06. The first-order valence-corrected chi connectivity index (χ1v) is 7.80. The lowest BCUT2D eigenvalue weighted by molar-refractivity contribution is 0.702. The molecule has 4 heteroatoms. The van der Waals surface area contributed by atoms with Crippen LogP contribution in [0.3, 0.4) is 0 Å². The number of aryl methyl sites for hydroxylation is 1. The smallest absolute Gasteiger partial charge is 0.211 e. The SMILES string of the molecule is Cn1/c(=N/N=C2CCCCCC2)sc2ccccc21. The van der Waals surface area contributed by atoms with E-state index in [-0.39, 0.29) is 0 Å². The third-order valence-corrected chi connectivity index (χ3v) is 4.78. The van der Waals surface area contributed by atoms with Crippen molar-refractivity contribution in [3.63, 3.8) is 0 Å². The van der Waals surface area contributed by atoms with E-state index in [0.717, 1.165) is 17.6 Å². The number of thiazole rings is 1. The standard InChI is InChI=1S/C15H19N3S/c1-18-13-10-6-7-11-14(13)19-15(18)17-16-12-8-4-2-3-5-9-12/h6-7,10-11H,2-5,8-9H2,1H3/b17-15-. The maximum absolute atomic E-state index is 4.50. The van der Waals surface area contributed by atoms with Crippen molar-refractivity contribution in [1.82, 2.24) is 4.57 Å². The summed E-state index contributed by atoms with van der Waals surface area (Å²) in [6.45, 7) is 0. The topological polar surface area (TPSA) is 29.6 Å². The molecule has 1 saturated carbocycles. The molecule has 0 atom stereocenters. The highest BCUT2D eigenvalue weighted by atomic mass is 32.1. The Morgan fingerprint density at radius 3 is 2.47 bits per heavy atom. The first-order chi connectivity index (χ1) is 9.34. The second-order valence-corrected chi connectivity index (χ2v) is 6.10. The maximum Gasteiger partial charge on any atom is 0.211 e. The Morgan fingerprint density at radius 1 is 1.00 bits per heavy atom. The summed E-state index contributed by atoms with van der Waals surface area (Å²) >= 11 is 1.71. The molecule has 0 unspecified atom stereocenters. The van der Waals surface area contributed by atoms with Crippen molar-refractivity contribution in [3.8, 4) is 0 Å². The van der Waals surface area contributed by atoms with Crippen molar-refractivity contribution >= 4 is 27.3 Å². The van der Waals surface area contributed by atoms with Crippen LogP contribution in [0.5, 0.6) is 0 Å². The van der Waals surface area contributed by atoms with Gasteiger partial charge in [-0.25, -0.2) is 0 Å². The summed E-state index contributed by atoms with van der Waals surface area (Å²) in [5, 5.41) is 8.98. The molecule has 1 aromatic carbocycles. The minimum absolute atomic E-state index is 0.984. The predicted molar refractivity (Wildman–Crippen MR) is 81.5 cm³/mol. The van der Waals surface area contributed by atoms with E-state index < -0.39 is 0 Å². The van der Waals surface area contributed by atoms with Crippen LogP contribution in [-0.4, -0.2) is 10.3 Å². The van der Waals surface area contributed by atoms with Gasteiger partial charge in [0.2, 0.25) is 4.80 Å². The molecule has 1 aliphatic rings. The van der Waals surface area contributed by atoms with E-state index in [9.17, 15) is 0 Å². The van der Waals surface area contributed by atoms with Crippen LogP contribution in [0.4, 0.5) is 0 Å². The largest absolute Gasteiger partial charge is 0.318 e. The Balaban J connectivity index is 1.96. The van der Waals surface area contributed by atoms with Crippen LogP contribution in [-0.2, 0) is 7.05 Å². The molecule has 3 rings (SSSR count). The quantitative estimate of drug-likeness (QED) is 0.558. The highest BCUT2D eigenvalue weighted by molar-refractivity contribution is 7.16. The van der Waals surface area contributed by atoms with Gasteiger partial charge in [0.05, 0.1) is 10.2 Å². The van der Waals surface area contributed by atoms with E-state index in [1.54, 1.807) is 11.3 Å². The normalized spacial score (nSPS) is 17.7. The monoisotopic (exact) mass is 273 g/mol. The second kappa shape index (κ2) is 5.70. The predicted octanol–water partition coefficient (Wildman–Crippen LogP) is 3.85. The Bertz CT molecular complexity index is 653. The number of nitrogens with zero attached hydrogens (tertiary/aromatic N) is 3. The van der Waals surface area contributed by atoms with E-state index in [1.165, 1.54) is 41.6 Å². The first kappa shape index (κ1) is 12.6. The lowest BCUT2D eigenvalue weighted by atomic mass is 10.2. The molecule has 1 heterocycles. The molecule has 100 valence electrons. The fourth-order valence-electron chi connectivity index (χ4n) is 2.53. The van der Waals surface area contributed by atoms with Gasteiger partial charge in [0.25, 0.3) is 0 Å². The van der Waals surface area contributed by atoms with Crippen LogP contribution >= 0.6 is 11.3 Å². The highest BCUT2D eigenvalue weighted by Crippen LogP contribution is 2.16. The summed E-state index contributed by atoms with van der Waals surface area (Å²) in [4.78, 5) is 0.984. The fourth-order valence-corrected chi connectivity index (χ4v) is 3.50. The van der Waals surface area contributed by atoms with Crippen LogP contribution < -0.4 is 4.80 Å². The van der Waals surface area contributed by atoms with Gasteiger partial charge in [-0.1, -0.05) is 36.3 Å². The highest BCUT2D eigenvalue weighted by Gasteiger charge is 2.05. The van der Waals surface area contributed by atoms with Gasteiger partial charge in [0, 0.05) is 12.8 Å². The molecule has 0 saturated heterocycles. The van der Waals surface area contributed by atoms with Gasteiger partial charge in [-0.2, -0.15) is 5.10 Å². The van der Waals surface area contributed by atoms with Crippen LogP contribution in [0.25, 0.3) is 10.2 Å². The summed E-state index contributed by atoms with van der Waals surface area (Å²) in [6, 6.07) is 8.40. The Hall–Kier alpha value is -1.42. The Kier molecular flexibility index (Phi) is 3.78. The first-order valence-electron chi connectivity index (χ1n) is 6.98. The average molecular weight is 273 g/mol. The molecule has 1 aliphatic carbocycles. The van der Waals surface area contributed by atoms with Gasteiger partial charge in [0.15, 0.2) is 0 Å². The zero-order chi connectivity index (χ0) is 13.1. The zero-order valence-corrected chi connectivity index (χ0v) is 12.1. The van der Waals surface area contributed by atoms with E-state index in [1.807, 2.05) is 0 Å². The van der Waals surface area contributed by atoms with Gasteiger partial charge >= 0.3 is 0 Å². The second-order valence-electron chi connectivity index (χ2n) is 5.09. The van der Waals surface area contributed by atoms with Gasteiger partial charge in [-0.15, -0.1) is 5.10 Å². The molecule has 0 amide bonds. The molecule has 3 nitrogen and oxygen atoms in total. The number of hydrogen-bond donors (Lipinski definition) is 0. The summed E-state index contributed by atoms with van der Waals surface area (Å²) in [6.07, 6.45) is 7.47. The van der Waals surface area contributed by atoms with E-state index in [2.05, 4.69) is 46.1 Å². The molecule has 0 aliphatic heterocycles. The number of hydrogen-bond acceptors (Lipinski definition) is 3. The van der Waals surface area contributed by atoms with Crippen LogP contribution in [0.15, 0.2) is 34.5 Å². The number of aromatic nitrogens is 1. The third-order valence-electron chi connectivity index (χ3n) is 3.67. The molecular weight excluding hydrogens is 254 g/mol. The van der Waals surface area contributed by atoms with Crippen molar-refractivity contribution < 1.29 is 0 Å². The molecule has 0 bridgehead atoms. The Morgan fingerprint density at radius 2 is 1.74 bits per heavy atom. The lowest BCUT2D eigenvalue weighted by Crippen LogP contribution is -2.09. The van der Waals surface area contributed by atoms with Crippen LogP contribution in [0.1, 0.15) is 38.5 Å². The Labute approximate surface area is 117 Å². The van der Waals surface area contributed by atoms with E-state index in [0.29, 0.717) is 0 Å². The van der Waals surface area contributed by atoms with Gasteiger partial charge < -0.3 is 4.57 Å². The molecular formula is C15H19N3S. The molecule has 0 spiro atoms. The van der Waals surface area contributed by atoms with Crippen molar-refractivity contribution in [2.75, 3.05) is 0 Å².